The van der Waals surface area contributed by atoms with Crippen LogP contribution in [0, 0.1) is 0 Å². The summed E-state index contributed by atoms with van der Waals surface area (Å²) in [5.74, 6) is 0. The molecule has 1 fully saturated rings. The van der Waals surface area contributed by atoms with Crippen molar-refractivity contribution >= 4 is 0 Å². The van der Waals surface area contributed by atoms with Crippen LogP contribution in [0.5, 0.6) is 0 Å². The number of ether oxygens (including phenoxy) is 1. The molecule has 4 nitrogen and oxygen atoms in total. The average Bonchev–Trinajstić information content (AvgIpc) is 2.46. The van der Waals surface area contributed by atoms with E-state index in [9.17, 15) is 5.11 Å². The maximum atomic E-state index is 9.61. The van der Waals surface area contributed by atoms with Crippen molar-refractivity contribution in [3.8, 4) is 0 Å². The molecule has 0 bridgehead atoms. The van der Waals surface area contributed by atoms with E-state index in [2.05, 4.69) is 17.0 Å². The fourth-order valence-corrected chi connectivity index (χ4v) is 2.15. The summed E-state index contributed by atoms with van der Waals surface area (Å²) in [5.41, 5.74) is 7.63. The second kappa shape index (κ2) is 6.85. The zero-order valence-electron chi connectivity index (χ0n) is 10.7. The molecule has 1 aliphatic rings. The van der Waals surface area contributed by atoms with Crippen molar-refractivity contribution in [1.82, 2.24) is 4.90 Å². The van der Waals surface area contributed by atoms with Gasteiger partial charge in [0.2, 0.25) is 0 Å². The Bertz CT molecular complexity index is 347. The maximum absolute atomic E-state index is 9.61. The maximum Gasteiger partial charge on any atom is 0.0912 e. The number of aliphatic hydroxyl groups is 1. The van der Waals surface area contributed by atoms with Gasteiger partial charge in [0.15, 0.2) is 0 Å². The number of hydrogen-bond acceptors (Lipinski definition) is 4. The van der Waals surface area contributed by atoms with Crippen LogP contribution in [-0.2, 0) is 11.2 Å². The van der Waals surface area contributed by atoms with E-state index in [1.165, 1.54) is 5.56 Å². The molecule has 100 valence electrons. The summed E-state index contributed by atoms with van der Waals surface area (Å²) in [6.07, 6.45) is 0.497. The number of rotatable bonds is 5. The SMILES string of the molecule is NCC(O)c1ccc(CCN2CCOCC2)cc1. The Morgan fingerprint density at radius 2 is 1.89 bits per heavy atom. The molecule has 0 radical (unpaired) electrons. The molecule has 1 heterocycles. The van der Waals surface area contributed by atoms with Gasteiger partial charge in [0.25, 0.3) is 0 Å². The van der Waals surface area contributed by atoms with Crippen molar-refractivity contribution in [3.63, 3.8) is 0 Å². The third kappa shape index (κ3) is 3.78. The first kappa shape index (κ1) is 13.5. The van der Waals surface area contributed by atoms with Gasteiger partial charge in [-0.15, -0.1) is 0 Å². The molecule has 3 N–H and O–H groups in total. The molecule has 1 aromatic carbocycles. The van der Waals surface area contributed by atoms with Crippen molar-refractivity contribution in [2.24, 2.45) is 5.73 Å². The number of aliphatic hydroxyl groups excluding tert-OH is 1. The van der Waals surface area contributed by atoms with Gasteiger partial charge in [0.1, 0.15) is 0 Å². The normalized spacial score (nSPS) is 18.8. The largest absolute Gasteiger partial charge is 0.387 e. The predicted molar refractivity (Wildman–Crippen MR) is 71.4 cm³/mol. The van der Waals surface area contributed by atoms with Gasteiger partial charge in [-0.3, -0.25) is 4.90 Å². The fourth-order valence-electron chi connectivity index (χ4n) is 2.15. The molecule has 0 amide bonds. The van der Waals surface area contributed by atoms with E-state index in [-0.39, 0.29) is 6.54 Å². The van der Waals surface area contributed by atoms with Gasteiger partial charge in [-0.2, -0.15) is 0 Å². The van der Waals surface area contributed by atoms with Crippen LogP contribution in [0.4, 0.5) is 0 Å². The van der Waals surface area contributed by atoms with Crippen molar-refractivity contribution in [2.75, 3.05) is 39.4 Å². The zero-order chi connectivity index (χ0) is 12.8. The highest BCUT2D eigenvalue weighted by atomic mass is 16.5. The van der Waals surface area contributed by atoms with E-state index in [0.717, 1.165) is 44.8 Å². The summed E-state index contributed by atoms with van der Waals surface area (Å²) in [5, 5.41) is 9.61. The highest BCUT2D eigenvalue weighted by molar-refractivity contribution is 5.24. The summed E-state index contributed by atoms with van der Waals surface area (Å²) in [7, 11) is 0. The summed E-state index contributed by atoms with van der Waals surface area (Å²) in [6.45, 7) is 5.10. The lowest BCUT2D eigenvalue weighted by atomic mass is 10.1. The van der Waals surface area contributed by atoms with E-state index >= 15 is 0 Å². The minimum absolute atomic E-state index is 0.271. The van der Waals surface area contributed by atoms with Crippen LogP contribution in [0.1, 0.15) is 17.2 Å². The molecule has 0 aliphatic carbocycles. The van der Waals surface area contributed by atoms with Gasteiger partial charge < -0.3 is 15.6 Å². The highest BCUT2D eigenvalue weighted by Crippen LogP contribution is 2.13. The van der Waals surface area contributed by atoms with Crippen LogP contribution >= 0.6 is 0 Å². The smallest absolute Gasteiger partial charge is 0.0912 e. The van der Waals surface area contributed by atoms with Gasteiger partial charge in [0.05, 0.1) is 19.3 Å². The van der Waals surface area contributed by atoms with Crippen molar-refractivity contribution in [3.05, 3.63) is 35.4 Å². The monoisotopic (exact) mass is 250 g/mol. The first-order valence-corrected chi connectivity index (χ1v) is 6.56. The van der Waals surface area contributed by atoms with Crippen molar-refractivity contribution in [2.45, 2.75) is 12.5 Å². The molecular weight excluding hydrogens is 228 g/mol. The number of morpholine rings is 1. The third-order valence-corrected chi connectivity index (χ3v) is 3.41. The summed E-state index contributed by atoms with van der Waals surface area (Å²) >= 11 is 0. The third-order valence-electron chi connectivity index (χ3n) is 3.41. The van der Waals surface area contributed by atoms with Crippen molar-refractivity contribution < 1.29 is 9.84 Å². The molecule has 1 saturated heterocycles. The Morgan fingerprint density at radius 3 is 2.50 bits per heavy atom. The van der Waals surface area contributed by atoms with E-state index in [1.807, 2.05) is 12.1 Å². The molecule has 0 spiro atoms. The number of nitrogens with zero attached hydrogens (tertiary/aromatic N) is 1. The molecule has 1 aromatic rings. The standard InChI is InChI=1S/C14H22N2O2/c15-11-14(17)13-3-1-12(2-4-13)5-6-16-7-9-18-10-8-16/h1-4,14,17H,5-11,15H2. The molecule has 1 atom stereocenters. The van der Waals surface area contributed by atoms with Crippen LogP contribution < -0.4 is 5.73 Å². The number of nitrogens with two attached hydrogens (primary N) is 1. The zero-order valence-corrected chi connectivity index (χ0v) is 10.7. The van der Waals surface area contributed by atoms with Crippen LogP contribution in [0.2, 0.25) is 0 Å². The van der Waals surface area contributed by atoms with Gasteiger partial charge >= 0.3 is 0 Å². The summed E-state index contributed by atoms with van der Waals surface area (Å²) < 4.78 is 5.32. The van der Waals surface area contributed by atoms with Gasteiger partial charge in [-0.05, 0) is 17.5 Å². The lowest BCUT2D eigenvalue weighted by molar-refractivity contribution is 0.0384. The average molecular weight is 250 g/mol. The number of benzene rings is 1. The predicted octanol–water partition coefficient (Wildman–Crippen LogP) is 0.553. The van der Waals surface area contributed by atoms with Crippen molar-refractivity contribution in [1.29, 1.82) is 0 Å². The molecule has 0 aromatic heterocycles. The molecular formula is C14H22N2O2. The van der Waals surface area contributed by atoms with E-state index in [0.29, 0.717) is 0 Å². The van der Waals surface area contributed by atoms with Gasteiger partial charge in [-0.25, -0.2) is 0 Å². The topological polar surface area (TPSA) is 58.7 Å². The van der Waals surface area contributed by atoms with E-state index in [4.69, 9.17) is 10.5 Å². The molecule has 1 aliphatic heterocycles. The minimum Gasteiger partial charge on any atom is -0.387 e. The Labute approximate surface area is 108 Å². The Balaban J connectivity index is 1.82. The first-order valence-electron chi connectivity index (χ1n) is 6.56. The lowest BCUT2D eigenvalue weighted by Gasteiger charge is -2.26. The van der Waals surface area contributed by atoms with Gasteiger partial charge in [0, 0.05) is 26.2 Å². The lowest BCUT2D eigenvalue weighted by Crippen LogP contribution is -2.37. The second-order valence-corrected chi connectivity index (χ2v) is 4.70. The Hall–Kier alpha value is -0.940. The number of hydrogen-bond donors (Lipinski definition) is 2. The minimum atomic E-state index is -0.543. The summed E-state index contributed by atoms with van der Waals surface area (Å²) in [6, 6.07) is 8.08. The van der Waals surface area contributed by atoms with Crippen LogP contribution in [-0.4, -0.2) is 49.4 Å². The van der Waals surface area contributed by atoms with E-state index in [1.54, 1.807) is 0 Å². The van der Waals surface area contributed by atoms with Crippen LogP contribution in [0.25, 0.3) is 0 Å². The highest BCUT2D eigenvalue weighted by Gasteiger charge is 2.10. The molecule has 0 saturated carbocycles. The van der Waals surface area contributed by atoms with E-state index < -0.39 is 6.10 Å². The van der Waals surface area contributed by atoms with Crippen LogP contribution in [0.15, 0.2) is 24.3 Å². The molecule has 4 heteroatoms. The van der Waals surface area contributed by atoms with Crippen LogP contribution in [0.3, 0.4) is 0 Å². The van der Waals surface area contributed by atoms with Gasteiger partial charge in [-0.1, -0.05) is 24.3 Å². The molecule has 18 heavy (non-hydrogen) atoms. The fraction of sp³-hybridized carbons (Fsp3) is 0.571. The second-order valence-electron chi connectivity index (χ2n) is 4.70. The first-order chi connectivity index (χ1) is 8.79. The molecule has 2 rings (SSSR count). The Kier molecular flexibility index (Phi) is 5.13. The Morgan fingerprint density at radius 1 is 1.22 bits per heavy atom. The summed E-state index contributed by atoms with van der Waals surface area (Å²) in [4.78, 5) is 2.42. The quantitative estimate of drug-likeness (QED) is 0.801. The molecule has 1 unspecified atom stereocenters.